The number of carbonyl (C=O) groups is 1. The summed E-state index contributed by atoms with van der Waals surface area (Å²) < 4.78 is 0. The molecule has 1 fully saturated rings. The lowest BCUT2D eigenvalue weighted by Crippen LogP contribution is -2.32. The van der Waals surface area contributed by atoms with Crippen LogP contribution in [0.25, 0.3) is 0 Å². The molecule has 0 aromatic heterocycles. The average molecular weight is 229 g/mol. The van der Waals surface area contributed by atoms with E-state index in [1.807, 2.05) is 0 Å². The molecule has 1 heterocycles. The van der Waals surface area contributed by atoms with Crippen LogP contribution in [0.3, 0.4) is 0 Å². The molecule has 1 aliphatic rings. The molecule has 5 heteroatoms. The highest BCUT2D eigenvalue weighted by atomic mass is 32.2. The van der Waals surface area contributed by atoms with Gasteiger partial charge in [-0.3, -0.25) is 9.79 Å². The Morgan fingerprint density at radius 2 is 2.33 bits per heavy atom. The molecule has 1 rings (SSSR count). The van der Waals surface area contributed by atoms with E-state index in [0.29, 0.717) is 12.0 Å². The molecular weight excluding hydrogens is 210 g/mol. The number of carbonyl (C=O) groups excluding carboxylic acids is 1. The van der Waals surface area contributed by atoms with Crippen LogP contribution in [0, 0.1) is 5.92 Å². The van der Waals surface area contributed by atoms with Gasteiger partial charge in [-0.15, -0.1) is 0 Å². The van der Waals surface area contributed by atoms with Crippen molar-refractivity contribution in [3.05, 3.63) is 0 Å². The lowest BCUT2D eigenvalue weighted by atomic mass is 10.1. The first-order valence-electron chi connectivity index (χ1n) is 5.14. The van der Waals surface area contributed by atoms with Crippen LogP contribution < -0.4 is 5.32 Å². The zero-order chi connectivity index (χ0) is 11.4. The van der Waals surface area contributed by atoms with Gasteiger partial charge in [-0.1, -0.05) is 25.6 Å². The highest BCUT2D eigenvalue weighted by molar-refractivity contribution is 8.14. The van der Waals surface area contributed by atoms with Crippen molar-refractivity contribution >= 4 is 22.8 Å². The number of rotatable bonds is 3. The number of nitrogens with one attached hydrogen (secondary N) is 1. The van der Waals surface area contributed by atoms with Crippen molar-refractivity contribution in [2.45, 2.75) is 19.9 Å². The average Bonchev–Trinajstić information content (AvgIpc) is 2.62. The second-order valence-corrected chi connectivity index (χ2v) is 5.22. The van der Waals surface area contributed by atoms with Gasteiger partial charge in [0.2, 0.25) is 5.91 Å². The lowest BCUT2D eigenvalue weighted by molar-refractivity contribution is -0.127. The van der Waals surface area contributed by atoms with E-state index >= 15 is 0 Å². The number of hydrogen-bond donors (Lipinski definition) is 1. The largest absolute Gasteiger partial charge is 0.361 e. The molecule has 15 heavy (non-hydrogen) atoms. The van der Waals surface area contributed by atoms with Crippen molar-refractivity contribution in [3.63, 3.8) is 0 Å². The molecular formula is C10H19N3OS. The van der Waals surface area contributed by atoms with E-state index in [1.165, 1.54) is 0 Å². The molecule has 0 bridgehead atoms. The number of hydrogen-bond acceptors (Lipinski definition) is 3. The highest BCUT2D eigenvalue weighted by Crippen LogP contribution is 2.18. The molecule has 1 saturated heterocycles. The lowest BCUT2D eigenvalue weighted by Gasteiger charge is -2.13. The Hall–Kier alpha value is -0.710. The molecule has 0 saturated carbocycles. The van der Waals surface area contributed by atoms with Crippen molar-refractivity contribution in [2.75, 3.05) is 26.4 Å². The molecule has 1 atom stereocenters. The van der Waals surface area contributed by atoms with Gasteiger partial charge in [-0.2, -0.15) is 0 Å². The van der Waals surface area contributed by atoms with E-state index in [-0.39, 0.29) is 12.5 Å². The molecule has 0 aromatic carbocycles. The molecule has 1 amide bonds. The second-order valence-electron chi connectivity index (χ2n) is 4.22. The summed E-state index contributed by atoms with van der Waals surface area (Å²) in [4.78, 5) is 17.1. The third-order valence-electron chi connectivity index (χ3n) is 2.37. The third-order valence-corrected chi connectivity index (χ3v) is 3.42. The Labute approximate surface area is 95.5 Å². The topological polar surface area (TPSA) is 44.7 Å². The highest BCUT2D eigenvalue weighted by Gasteiger charge is 2.22. The Bertz CT molecular complexity index is 263. The van der Waals surface area contributed by atoms with E-state index in [9.17, 15) is 4.79 Å². The van der Waals surface area contributed by atoms with E-state index in [4.69, 9.17) is 0 Å². The predicted octanol–water partition coefficient (Wildman–Crippen LogP) is 0.792. The Morgan fingerprint density at radius 1 is 1.67 bits per heavy atom. The zero-order valence-corrected chi connectivity index (χ0v) is 10.6. The fraction of sp³-hybridized carbons (Fsp3) is 0.800. The Morgan fingerprint density at radius 3 is 2.80 bits per heavy atom. The summed E-state index contributed by atoms with van der Waals surface area (Å²) in [7, 11) is 3.49. The van der Waals surface area contributed by atoms with Crippen molar-refractivity contribution in [2.24, 2.45) is 10.9 Å². The normalized spacial score (nSPS) is 23.3. The fourth-order valence-corrected chi connectivity index (χ4v) is 2.34. The van der Waals surface area contributed by atoms with Gasteiger partial charge in [0.15, 0.2) is 5.17 Å². The van der Waals surface area contributed by atoms with E-state index in [1.54, 1.807) is 30.8 Å². The maximum atomic E-state index is 11.3. The van der Waals surface area contributed by atoms with Gasteiger partial charge < -0.3 is 10.2 Å². The first-order valence-corrected chi connectivity index (χ1v) is 6.13. The molecule has 1 unspecified atom stereocenters. The van der Waals surface area contributed by atoms with Crippen LogP contribution in [0.1, 0.15) is 13.8 Å². The number of thioether (sulfide) groups is 1. The first-order chi connectivity index (χ1) is 7.00. The minimum Gasteiger partial charge on any atom is -0.361 e. The summed E-state index contributed by atoms with van der Waals surface area (Å²) >= 11 is 1.70. The first kappa shape index (κ1) is 12.4. The second kappa shape index (κ2) is 5.39. The molecule has 0 radical (unpaired) electrons. The summed E-state index contributed by atoms with van der Waals surface area (Å²) in [5.74, 6) is 1.69. The van der Waals surface area contributed by atoms with Crippen LogP contribution in [-0.4, -0.2) is 48.4 Å². The Balaban J connectivity index is 2.40. The van der Waals surface area contributed by atoms with Crippen LogP contribution in [0.5, 0.6) is 0 Å². The van der Waals surface area contributed by atoms with E-state index in [2.05, 4.69) is 24.2 Å². The number of nitrogens with zero attached hydrogens (tertiary/aromatic N) is 2. The van der Waals surface area contributed by atoms with Gasteiger partial charge in [-0.25, -0.2) is 0 Å². The Kier molecular flexibility index (Phi) is 4.45. The standard InChI is InChI=1S/C10H19N3OS/c1-7(2)8-6-15-10(12-8)11-5-9(14)13(3)4/h7-8H,5-6H2,1-4H3,(H,11,12). The fourth-order valence-electron chi connectivity index (χ4n) is 1.14. The van der Waals surface area contributed by atoms with Gasteiger partial charge in [-0.05, 0) is 5.92 Å². The SMILES string of the molecule is CC(C)C1CSC(=NCC(=O)N(C)C)N1. The summed E-state index contributed by atoms with van der Waals surface area (Å²) in [6.07, 6.45) is 0. The smallest absolute Gasteiger partial charge is 0.243 e. The molecule has 1 aliphatic heterocycles. The maximum Gasteiger partial charge on any atom is 0.243 e. The number of amidine groups is 1. The van der Waals surface area contributed by atoms with Crippen molar-refractivity contribution in [3.8, 4) is 0 Å². The zero-order valence-electron chi connectivity index (χ0n) is 9.78. The van der Waals surface area contributed by atoms with Crippen LogP contribution >= 0.6 is 11.8 Å². The minimum absolute atomic E-state index is 0.0397. The van der Waals surface area contributed by atoms with Gasteiger partial charge in [0, 0.05) is 25.9 Å². The van der Waals surface area contributed by atoms with Crippen LogP contribution in [0.4, 0.5) is 0 Å². The number of likely N-dealkylation sites (N-methyl/N-ethyl adjacent to an activating group) is 1. The van der Waals surface area contributed by atoms with Gasteiger partial charge >= 0.3 is 0 Å². The quantitative estimate of drug-likeness (QED) is 0.778. The summed E-state index contributed by atoms with van der Waals surface area (Å²) in [5, 5.41) is 4.23. The maximum absolute atomic E-state index is 11.3. The summed E-state index contributed by atoms with van der Waals surface area (Å²) in [6, 6.07) is 0.489. The minimum atomic E-state index is 0.0397. The monoisotopic (exact) mass is 229 g/mol. The molecule has 1 N–H and O–H groups in total. The molecule has 86 valence electrons. The van der Waals surface area contributed by atoms with Crippen LogP contribution in [0.2, 0.25) is 0 Å². The number of aliphatic imine (C=N–C) groups is 1. The molecule has 0 spiro atoms. The van der Waals surface area contributed by atoms with Crippen LogP contribution in [-0.2, 0) is 4.79 Å². The summed E-state index contributed by atoms with van der Waals surface area (Å²) in [6.45, 7) is 4.62. The van der Waals surface area contributed by atoms with Crippen LogP contribution in [0.15, 0.2) is 4.99 Å². The molecule has 0 aliphatic carbocycles. The third kappa shape index (κ3) is 3.74. The van der Waals surface area contributed by atoms with E-state index < -0.39 is 0 Å². The molecule has 0 aromatic rings. The molecule has 4 nitrogen and oxygen atoms in total. The summed E-state index contributed by atoms with van der Waals surface area (Å²) in [5.41, 5.74) is 0. The van der Waals surface area contributed by atoms with Crippen molar-refractivity contribution in [1.29, 1.82) is 0 Å². The van der Waals surface area contributed by atoms with E-state index in [0.717, 1.165) is 10.9 Å². The van der Waals surface area contributed by atoms with Gasteiger partial charge in [0.25, 0.3) is 0 Å². The van der Waals surface area contributed by atoms with Crippen molar-refractivity contribution in [1.82, 2.24) is 10.2 Å². The predicted molar refractivity (Wildman–Crippen MR) is 65.2 cm³/mol. The van der Waals surface area contributed by atoms with Gasteiger partial charge in [0.1, 0.15) is 6.54 Å². The van der Waals surface area contributed by atoms with Crippen molar-refractivity contribution < 1.29 is 4.79 Å². The number of amides is 1. The van der Waals surface area contributed by atoms with Gasteiger partial charge in [0.05, 0.1) is 0 Å².